The van der Waals surface area contributed by atoms with E-state index in [1.165, 1.54) is 0 Å². The topological polar surface area (TPSA) is 73.6 Å². The molecule has 1 aliphatic rings. The molecule has 1 saturated heterocycles. The molecule has 3 aromatic rings. The fraction of sp³-hybridized carbons (Fsp3) is 0.391. The second-order valence-electron chi connectivity index (χ2n) is 7.71. The van der Waals surface area contributed by atoms with Crippen molar-refractivity contribution in [2.45, 2.75) is 51.4 Å². The molecule has 2 atom stereocenters. The fourth-order valence-corrected chi connectivity index (χ4v) is 3.79. The zero-order valence-corrected chi connectivity index (χ0v) is 16.6. The summed E-state index contributed by atoms with van der Waals surface area (Å²) in [6.07, 6.45) is 4.52. The number of nitrogens with zero attached hydrogens (tertiary/aromatic N) is 2. The lowest BCUT2D eigenvalue weighted by Gasteiger charge is -2.12. The second kappa shape index (κ2) is 8.66. The first-order valence-electron chi connectivity index (χ1n) is 10.1. The molecule has 152 valence electrons. The number of hydrogen-bond donors (Lipinski definition) is 1. The molecule has 2 unspecified atom stereocenters. The van der Waals surface area contributed by atoms with Gasteiger partial charge in [-0.2, -0.15) is 5.10 Å². The van der Waals surface area contributed by atoms with Gasteiger partial charge in [-0.15, -0.1) is 0 Å². The van der Waals surface area contributed by atoms with Gasteiger partial charge in [0, 0.05) is 12.0 Å². The third-order valence-electron chi connectivity index (χ3n) is 5.44. The van der Waals surface area contributed by atoms with Crippen LogP contribution in [0.25, 0.3) is 10.9 Å². The summed E-state index contributed by atoms with van der Waals surface area (Å²) in [6, 6.07) is 13.9. The number of carbonyl (C=O) groups is 1. The molecular formula is C23H26N2O4. The van der Waals surface area contributed by atoms with Crippen LogP contribution in [0.4, 0.5) is 0 Å². The van der Waals surface area contributed by atoms with Gasteiger partial charge in [-0.3, -0.25) is 9.48 Å². The summed E-state index contributed by atoms with van der Waals surface area (Å²) < 4.78 is 13.6. The lowest BCUT2D eigenvalue weighted by atomic mass is 9.98. The number of rotatable bonds is 8. The molecule has 1 N–H and O–H groups in total. The van der Waals surface area contributed by atoms with Crippen LogP contribution >= 0.6 is 0 Å². The lowest BCUT2D eigenvalue weighted by molar-refractivity contribution is -0.137. The van der Waals surface area contributed by atoms with Crippen LogP contribution < -0.4 is 4.74 Å². The zero-order chi connectivity index (χ0) is 20.2. The first-order valence-corrected chi connectivity index (χ1v) is 10.1. The van der Waals surface area contributed by atoms with E-state index in [0.717, 1.165) is 53.8 Å². The van der Waals surface area contributed by atoms with E-state index in [4.69, 9.17) is 14.6 Å². The molecule has 2 aromatic carbocycles. The van der Waals surface area contributed by atoms with Gasteiger partial charge in [0.05, 0.1) is 30.8 Å². The first kappa shape index (κ1) is 19.5. The lowest BCUT2D eigenvalue weighted by Crippen LogP contribution is -2.15. The van der Waals surface area contributed by atoms with Crippen molar-refractivity contribution in [3.05, 3.63) is 59.8 Å². The summed E-state index contributed by atoms with van der Waals surface area (Å²) in [5.74, 6) is -0.0344. The summed E-state index contributed by atoms with van der Waals surface area (Å²) in [6.45, 7) is 4.03. The van der Waals surface area contributed by atoms with Gasteiger partial charge in [-0.05, 0) is 54.2 Å². The maximum atomic E-state index is 10.9. The summed E-state index contributed by atoms with van der Waals surface area (Å²) in [5.41, 5.74) is 3.19. The number of fused-ring (bicyclic) bond motifs is 1. The highest BCUT2D eigenvalue weighted by molar-refractivity contribution is 5.79. The van der Waals surface area contributed by atoms with Gasteiger partial charge >= 0.3 is 5.97 Å². The SMILES string of the molecule is CC(CC(=O)O)c1ccc(OCc2ccc3c(cnn3CC3CCCO3)c2)cc1. The van der Waals surface area contributed by atoms with E-state index in [2.05, 4.69) is 23.3 Å². The third-order valence-corrected chi connectivity index (χ3v) is 5.44. The van der Waals surface area contributed by atoms with E-state index in [1.54, 1.807) is 0 Å². The van der Waals surface area contributed by atoms with E-state index >= 15 is 0 Å². The highest BCUT2D eigenvalue weighted by Gasteiger charge is 2.17. The molecule has 29 heavy (non-hydrogen) atoms. The minimum atomic E-state index is -0.785. The van der Waals surface area contributed by atoms with Gasteiger partial charge in [0.1, 0.15) is 12.4 Å². The molecule has 4 rings (SSSR count). The molecule has 1 fully saturated rings. The van der Waals surface area contributed by atoms with Gasteiger partial charge in [0.25, 0.3) is 0 Å². The quantitative estimate of drug-likeness (QED) is 0.614. The number of carboxylic acid groups (broad SMARTS) is 1. The molecule has 2 heterocycles. The Kier molecular flexibility index (Phi) is 5.81. The van der Waals surface area contributed by atoms with Crippen LogP contribution in [-0.2, 0) is 22.7 Å². The molecular weight excluding hydrogens is 368 g/mol. The molecule has 0 aliphatic carbocycles. The average molecular weight is 394 g/mol. The van der Waals surface area contributed by atoms with Crippen LogP contribution in [0.5, 0.6) is 5.75 Å². The monoisotopic (exact) mass is 394 g/mol. The normalized spacial score (nSPS) is 17.5. The summed E-state index contributed by atoms with van der Waals surface area (Å²) >= 11 is 0. The third kappa shape index (κ3) is 4.77. The number of ether oxygens (including phenoxy) is 2. The summed E-state index contributed by atoms with van der Waals surface area (Å²) in [7, 11) is 0. The molecule has 0 spiro atoms. The van der Waals surface area contributed by atoms with Crippen LogP contribution in [0.15, 0.2) is 48.7 Å². The van der Waals surface area contributed by atoms with Crippen molar-refractivity contribution in [1.29, 1.82) is 0 Å². The fourth-order valence-electron chi connectivity index (χ4n) is 3.79. The number of carboxylic acids is 1. The van der Waals surface area contributed by atoms with Gasteiger partial charge in [-0.1, -0.05) is 25.1 Å². The van der Waals surface area contributed by atoms with Crippen molar-refractivity contribution in [3.63, 3.8) is 0 Å². The van der Waals surface area contributed by atoms with Crippen LogP contribution in [0.2, 0.25) is 0 Å². The molecule has 1 aliphatic heterocycles. The maximum Gasteiger partial charge on any atom is 0.303 e. The zero-order valence-electron chi connectivity index (χ0n) is 16.6. The first-order chi connectivity index (χ1) is 14.1. The smallest absolute Gasteiger partial charge is 0.303 e. The molecule has 1 aromatic heterocycles. The minimum absolute atomic E-state index is 0.0184. The predicted octanol–water partition coefficient (Wildman–Crippen LogP) is 4.37. The molecule has 0 amide bonds. The van der Waals surface area contributed by atoms with Crippen molar-refractivity contribution in [3.8, 4) is 5.75 Å². The van der Waals surface area contributed by atoms with E-state index < -0.39 is 5.97 Å². The summed E-state index contributed by atoms with van der Waals surface area (Å²) in [5, 5.41) is 14.5. The Labute approximate surface area is 170 Å². The summed E-state index contributed by atoms with van der Waals surface area (Å²) in [4.78, 5) is 10.9. The van der Waals surface area contributed by atoms with Crippen molar-refractivity contribution in [2.24, 2.45) is 0 Å². The highest BCUT2D eigenvalue weighted by Crippen LogP contribution is 2.23. The Bertz CT molecular complexity index is 974. The molecule has 6 heteroatoms. The molecule has 0 saturated carbocycles. The highest BCUT2D eigenvalue weighted by atomic mass is 16.5. The Morgan fingerprint density at radius 3 is 2.86 bits per heavy atom. The number of hydrogen-bond acceptors (Lipinski definition) is 4. The maximum absolute atomic E-state index is 10.9. The van der Waals surface area contributed by atoms with Crippen LogP contribution in [0.3, 0.4) is 0 Å². The van der Waals surface area contributed by atoms with Gasteiger partial charge in [0.15, 0.2) is 0 Å². The van der Waals surface area contributed by atoms with Gasteiger partial charge < -0.3 is 14.6 Å². The number of aliphatic carboxylic acids is 1. The Hall–Kier alpha value is -2.86. The molecule has 0 radical (unpaired) electrons. The molecule has 0 bridgehead atoms. The van der Waals surface area contributed by atoms with E-state index in [0.29, 0.717) is 6.61 Å². The largest absolute Gasteiger partial charge is 0.489 e. The Balaban J connectivity index is 1.37. The van der Waals surface area contributed by atoms with Crippen molar-refractivity contribution in [2.75, 3.05) is 6.61 Å². The van der Waals surface area contributed by atoms with Crippen LogP contribution in [-0.4, -0.2) is 33.6 Å². The Morgan fingerprint density at radius 1 is 1.31 bits per heavy atom. The predicted molar refractivity (Wildman–Crippen MR) is 110 cm³/mol. The van der Waals surface area contributed by atoms with Crippen molar-refractivity contribution >= 4 is 16.9 Å². The van der Waals surface area contributed by atoms with Crippen molar-refractivity contribution in [1.82, 2.24) is 9.78 Å². The Morgan fingerprint density at radius 2 is 2.14 bits per heavy atom. The van der Waals surface area contributed by atoms with Gasteiger partial charge in [-0.25, -0.2) is 0 Å². The van der Waals surface area contributed by atoms with Crippen LogP contribution in [0, 0.1) is 0 Å². The van der Waals surface area contributed by atoms with Gasteiger partial charge in [0.2, 0.25) is 0 Å². The second-order valence-corrected chi connectivity index (χ2v) is 7.71. The number of aromatic nitrogens is 2. The van der Waals surface area contributed by atoms with E-state index in [9.17, 15) is 4.79 Å². The molecule has 6 nitrogen and oxygen atoms in total. The standard InChI is InChI=1S/C23H26N2O4/c1-16(11-23(26)27)18-5-7-20(8-6-18)29-15-17-4-9-22-19(12-17)13-24-25(22)14-21-3-2-10-28-21/h4-9,12-13,16,21H,2-3,10-11,14-15H2,1H3,(H,26,27). The average Bonchev–Trinajstić information content (AvgIpc) is 3.36. The number of benzene rings is 2. The van der Waals surface area contributed by atoms with Crippen molar-refractivity contribution < 1.29 is 19.4 Å². The van der Waals surface area contributed by atoms with Crippen LogP contribution in [0.1, 0.15) is 43.2 Å². The minimum Gasteiger partial charge on any atom is -0.489 e. The van der Waals surface area contributed by atoms with E-state index in [-0.39, 0.29) is 18.4 Å². The van der Waals surface area contributed by atoms with E-state index in [1.807, 2.05) is 42.1 Å².